The second-order valence-corrected chi connectivity index (χ2v) is 8.07. The van der Waals surface area contributed by atoms with Crippen LogP contribution in [0.4, 0.5) is 0 Å². The van der Waals surface area contributed by atoms with Crippen LogP contribution in [0.5, 0.6) is 0 Å². The number of nitrogens with zero attached hydrogens (tertiary/aromatic N) is 5. The zero-order chi connectivity index (χ0) is 20.9. The van der Waals surface area contributed by atoms with Crippen LogP contribution in [0, 0.1) is 11.3 Å². The first-order chi connectivity index (χ1) is 14.5. The summed E-state index contributed by atoms with van der Waals surface area (Å²) in [7, 11) is 1.91. The molecule has 6 nitrogen and oxygen atoms in total. The van der Waals surface area contributed by atoms with E-state index in [0.29, 0.717) is 0 Å². The Morgan fingerprint density at radius 1 is 1.00 bits per heavy atom. The van der Waals surface area contributed by atoms with Crippen LogP contribution in [0.3, 0.4) is 0 Å². The second-order valence-electron chi connectivity index (χ2n) is 8.07. The van der Waals surface area contributed by atoms with E-state index in [4.69, 9.17) is 0 Å². The van der Waals surface area contributed by atoms with E-state index in [-0.39, 0.29) is 0 Å². The van der Waals surface area contributed by atoms with Gasteiger partial charge in [0, 0.05) is 35.1 Å². The highest BCUT2D eigenvalue weighted by molar-refractivity contribution is 6.11. The van der Waals surface area contributed by atoms with Gasteiger partial charge in [-0.3, -0.25) is 14.8 Å². The van der Waals surface area contributed by atoms with Crippen molar-refractivity contribution < 1.29 is 0 Å². The minimum atomic E-state index is -0.526. The van der Waals surface area contributed by atoms with Gasteiger partial charge >= 0.3 is 0 Å². The molecule has 0 aliphatic heterocycles. The maximum Gasteiger partial charge on any atom is 0.101 e. The molecule has 30 heavy (non-hydrogen) atoms. The lowest BCUT2D eigenvalue weighted by atomic mass is 9.86. The maximum absolute atomic E-state index is 9.40. The highest BCUT2D eigenvalue weighted by Gasteiger charge is 2.20. The first-order valence-electron chi connectivity index (χ1n) is 9.74. The zero-order valence-electron chi connectivity index (χ0n) is 17.0. The SMILES string of the molecule is Cn1cc(-c2ccc3ncc4[nH]nc(-c5ccc(C(C)(C)C#N)cc5)c4c3c2)cn1. The molecular formula is C24H20N6. The minimum absolute atomic E-state index is 0.526. The summed E-state index contributed by atoms with van der Waals surface area (Å²) in [5.41, 5.74) is 6.29. The van der Waals surface area contributed by atoms with E-state index >= 15 is 0 Å². The average Bonchev–Trinajstić information content (AvgIpc) is 3.40. The Balaban J connectivity index is 1.70. The van der Waals surface area contributed by atoms with Gasteiger partial charge in [0.1, 0.15) is 5.69 Å². The van der Waals surface area contributed by atoms with Crippen LogP contribution in [0.2, 0.25) is 0 Å². The molecule has 6 heteroatoms. The number of benzene rings is 2. The van der Waals surface area contributed by atoms with Crippen LogP contribution < -0.4 is 0 Å². The van der Waals surface area contributed by atoms with E-state index in [2.05, 4.69) is 38.5 Å². The number of hydrogen-bond donors (Lipinski definition) is 1. The molecule has 0 aliphatic carbocycles. The van der Waals surface area contributed by atoms with Crippen LogP contribution >= 0.6 is 0 Å². The standard InChI is InChI=1S/C24H20N6/c1-24(2,14-25)18-7-4-15(5-8-18)23-22-19-10-16(17-11-27-30(3)13-17)6-9-20(19)26-12-21(22)28-29-23/h4-13H,1-3H3,(H,28,29). The third-order valence-corrected chi connectivity index (χ3v) is 5.59. The molecule has 0 radical (unpaired) electrons. The van der Waals surface area contributed by atoms with Crippen molar-refractivity contribution in [3.05, 3.63) is 66.6 Å². The summed E-state index contributed by atoms with van der Waals surface area (Å²) in [6, 6.07) is 16.7. The van der Waals surface area contributed by atoms with E-state index < -0.39 is 5.41 Å². The van der Waals surface area contributed by atoms with Crippen molar-refractivity contribution in [2.45, 2.75) is 19.3 Å². The summed E-state index contributed by atoms with van der Waals surface area (Å²) < 4.78 is 1.80. The number of aromatic amines is 1. The van der Waals surface area contributed by atoms with Crippen LogP contribution in [0.15, 0.2) is 61.1 Å². The molecule has 0 spiro atoms. The van der Waals surface area contributed by atoms with E-state index in [1.165, 1.54) is 0 Å². The van der Waals surface area contributed by atoms with Crippen molar-refractivity contribution in [1.82, 2.24) is 25.0 Å². The quantitative estimate of drug-likeness (QED) is 0.469. The Morgan fingerprint density at radius 2 is 1.77 bits per heavy atom. The molecule has 0 bridgehead atoms. The van der Waals surface area contributed by atoms with Gasteiger partial charge in [0.2, 0.25) is 0 Å². The number of H-pyrrole nitrogens is 1. The number of rotatable bonds is 3. The van der Waals surface area contributed by atoms with Crippen molar-refractivity contribution in [1.29, 1.82) is 5.26 Å². The molecule has 2 aromatic carbocycles. The third kappa shape index (κ3) is 2.83. The number of fused-ring (bicyclic) bond motifs is 3. The topological polar surface area (TPSA) is 83.2 Å². The highest BCUT2D eigenvalue weighted by Crippen LogP contribution is 2.34. The highest BCUT2D eigenvalue weighted by atomic mass is 15.2. The van der Waals surface area contributed by atoms with Gasteiger partial charge < -0.3 is 0 Å². The molecule has 5 aromatic rings. The van der Waals surface area contributed by atoms with Gasteiger partial charge in [-0.2, -0.15) is 15.5 Å². The van der Waals surface area contributed by atoms with E-state index in [9.17, 15) is 5.26 Å². The molecule has 0 unspecified atom stereocenters. The van der Waals surface area contributed by atoms with Gasteiger partial charge in [-0.05, 0) is 37.1 Å². The number of aryl methyl sites for hydroxylation is 1. The summed E-state index contributed by atoms with van der Waals surface area (Å²) in [4.78, 5) is 4.59. The van der Waals surface area contributed by atoms with Gasteiger partial charge in [-0.25, -0.2) is 0 Å². The summed E-state index contributed by atoms with van der Waals surface area (Å²) in [6.07, 6.45) is 5.69. The Labute approximate surface area is 173 Å². The summed E-state index contributed by atoms with van der Waals surface area (Å²) >= 11 is 0. The number of nitrogens with one attached hydrogen (secondary N) is 1. The van der Waals surface area contributed by atoms with E-state index in [1.54, 1.807) is 4.68 Å². The molecule has 3 heterocycles. The van der Waals surface area contributed by atoms with Crippen molar-refractivity contribution in [2.24, 2.45) is 7.05 Å². The van der Waals surface area contributed by atoms with Gasteiger partial charge in [-0.15, -0.1) is 0 Å². The van der Waals surface area contributed by atoms with Crippen LogP contribution in [0.25, 0.3) is 44.2 Å². The molecule has 0 atom stereocenters. The monoisotopic (exact) mass is 392 g/mol. The smallest absolute Gasteiger partial charge is 0.101 e. The van der Waals surface area contributed by atoms with Gasteiger partial charge in [-0.1, -0.05) is 30.3 Å². The summed E-state index contributed by atoms with van der Waals surface area (Å²) in [6.45, 7) is 3.84. The molecule has 0 aliphatic rings. The van der Waals surface area contributed by atoms with Crippen molar-refractivity contribution in [3.63, 3.8) is 0 Å². The van der Waals surface area contributed by atoms with Crippen LogP contribution in [0.1, 0.15) is 19.4 Å². The third-order valence-electron chi connectivity index (χ3n) is 5.59. The van der Waals surface area contributed by atoms with Gasteiger partial charge in [0.05, 0.1) is 34.9 Å². The fourth-order valence-corrected chi connectivity index (χ4v) is 3.77. The maximum atomic E-state index is 9.40. The van der Waals surface area contributed by atoms with Crippen molar-refractivity contribution >= 4 is 21.8 Å². The predicted molar refractivity (Wildman–Crippen MR) is 118 cm³/mol. The number of hydrogen-bond acceptors (Lipinski definition) is 4. The molecule has 0 saturated heterocycles. The molecule has 0 amide bonds. The van der Waals surface area contributed by atoms with Crippen molar-refractivity contribution in [3.8, 4) is 28.5 Å². The first-order valence-corrected chi connectivity index (χ1v) is 9.74. The normalized spacial score (nSPS) is 11.8. The lowest BCUT2D eigenvalue weighted by molar-refractivity contribution is 0.687. The molecule has 3 aromatic heterocycles. The minimum Gasteiger partial charge on any atom is -0.276 e. The molecule has 0 fully saturated rings. The Bertz CT molecular complexity index is 1430. The molecule has 5 rings (SSSR count). The number of aromatic nitrogens is 5. The fraction of sp³-hybridized carbons (Fsp3) is 0.167. The molecule has 1 N–H and O–H groups in total. The Morgan fingerprint density at radius 3 is 2.47 bits per heavy atom. The fourth-order valence-electron chi connectivity index (χ4n) is 3.77. The van der Waals surface area contributed by atoms with E-state index in [1.807, 2.05) is 69.8 Å². The number of pyridine rings is 1. The van der Waals surface area contributed by atoms with Crippen LogP contribution in [-0.2, 0) is 12.5 Å². The van der Waals surface area contributed by atoms with Crippen molar-refractivity contribution in [2.75, 3.05) is 0 Å². The van der Waals surface area contributed by atoms with Gasteiger partial charge in [0.15, 0.2) is 0 Å². The average molecular weight is 392 g/mol. The molecule has 146 valence electrons. The number of nitriles is 1. The van der Waals surface area contributed by atoms with Gasteiger partial charge in [0.25, 0.3) is 0 Å². The lowest BCUT2D eigenvalue weighted by Gasteiger charge is -2.15. The summed E-state index contributed by atoms with van der Waals surface area (Å²) in [5.74, 6) is 0. The lowest BCUT2D eigenvalue weighted by Crippen LogP contribution is -2.13. The Hall–Kier alpha value is -3.98. The first kappa shape index (κ1) is 18.1. The molecule has 0 saturated carbocycles. The van der Waals surface area contributed by atoms with Crippen LogP contribution in [-0.4, -0.2) is 25.0 Å². The second kappa shape index (κ2) is 6.53. The molecular weight excluding hydrogens is 372 g/mol. The summed E-state index contributed by atoms with van der Waals surface area (Å²) in [5, 5.41) is 23.5. The Kier molecular flexibility index (Phi) is 3.93. The zero-order valence-corrected chi connectivity index (χ0v) is 17.0. The largest absolute Gasteiger partial charge is 0.276 e. The predicted octanol–water partition coefficient (Wildman–Crippen LogP) is 4.98. The van der Waals surface area contributed by atoms with E-state index in [0.717, 1.165) is 49.8 Å².